The second-order valence-electron chi connectivity index (χ2n) is 4.98. The Labute approximate surface area is 134 Å². The smallest absolute Gasteiger partial charge is 0.333 e. The van der Waals surface area contributed by atoms with E-state index in [0.29, 0.717) is 17.4 Å². The molecule has 2 amide bonds. The Morgan fingerprint density at radius 2 is 2.32 bits per heavy atom. The molecule has 0 fully saturated rings. The fourth-order valence-corrected chi connectivity index (χ4v) is 2.62. The van der Waals surface area contributed by atoms with Crippen molar-refractivity contribution >= 4 is 29.5 Å². The van der Waals surface area contributed by atoms with Gasteiger partial charge in [0.1, 0.15) is 12.4 Å². The Morgan fingerprint density at radius 3 is 3.14 bits per heavy atom. The summed E-state index contributed by atoms with van der Waals surface area (Å²) in [7, 11) is 0. The van der Waals surface area contributed by atoms with E-state index < -0.39 is 0 Å². The van der Waals surface area contributed by atoms with Crippen LogP contribution in [0.15, 0.2) is 47.9 Å². The highest BCUT2D eigenvalue weighted by Gasteiger charge is 2.33. The standard InChI is InChI=1S/C16H16ClN3O2/c1-2-13-11-22-15-10-12(17)4-5-14(15)20(13)16(21)19-8-3-6-18-7-9-19/h3-10,13H,2,11H2,1H3. The highest BCUT2D eigenvalue weighted by atomic mass is 35.5. The van der Waals surface area contributed by atoms with Crippen LogP contribution in [0.3, 0.4) is 0 Å². The highest BCUT2D eigenvalue weighted by Crippen LogP contribution is 2.37. The van der Waals surface area contributed by atoms with Gasteiger partial charge < -0.3 is 4.74 Å². The topological polar surface area (TPSA) is 45.1 Å². The van der Waals surface area contributed by atoms with E-state index in [9.17, 15) is 4.79 Å². The number of halogens is 1. The third-order valence-electron chi connectivity index (χ3n) is 3.61. The molecule has 0 radical (unpaired) electrons. The zero-order valence-electron chi connectivity index (χ0n) is 12.1. The molecule has 0 saturated carbocycles. The fraction of sp³-hybridized carbons (Fsp3) is 0.250. The first kappa shape index (κ1) is 14.7. The van der Waals surface area contributed by atoms with Gasteiger partial charge in [0.25, 0.3) is 0 Å². The average molecular weight is 318 g/mol. The number of anilines is 1. The van der Waals surface area contributed by atoms with Gasteiger partial charge in [-0.3, -0.25) is 14.8 Å². The Kier molecular flexibility index (Phi) is 4.15. The lowest BCUT2D eigenvalue weighted by Crippen LogP contribution is -2.49. The summed E-state index contributed by atoms with van der Waals surface area (Å²) in [6, 6.07) is 5.16. The Balaban J connectivity index is 1.98. The highest BCUT2D eigenvalue weighted by molar-refractivity contribution is 6.30. The minimum Gasteiger partial charge on any atom is -0.489 e. The molecule has 5 nitrogen and oxygen atoms in total. The molecule has 0 aliphatic carbocycles. The van der Waals surface area contributed by atoms with Crippen LogP contribution in [0.4, 0.5) is 10.5 Å². The third kappa shape index (κ3) is 2.72. The molecule has 2 heterocycles. The fourth-order valence-electron chi connectivity index (χ4n) is 2.46. The van der Waals surface area contributed by atoms with E-state index >= 15 is 0 Å². The van der Waals surface area contributed by atoms with Gasteiger partial charge in [-0.15, -0.1) is 0 Å². The van der Waals surface area contributed by atoms with Crippen molar-refractivity contribution in [2.75, 3.05) is 11.5 Å². The summed E-state index contributed by atoms with van der Waals surface area (Å²) in [5.41, 5.74) is 0.736. The molecule has 0 aromatic heterocycles. The van der Waals surface area contributed by atoms with Crippen LogP contribution in [-0.4, -0.2) is 29.8 Å². The molecular formula is C16H16ClN3O2. The summed E-state index contributed by atoms with van der Waals surface area (Å²) < 4.78 is 5.74. The molecule has 1 atom stereocenters. The van der Waals surface area contributed by atoms with Gasteiger partial charge in [-0.25, -0.2) is 4.79 Å². The van der Waals surface area contributed by atoms with Crippen LogP contribution in [0.5, 0.6) is 5.75 Å². The predicted octanol–water partition coefficient (Wildman–Crippen LogP) is 3.81. The van der Waals surface area contributed by atoms with E-state index in [-0.39, 0.29) is 12.1 Å². The van der Waals surface area contributed by atoms with E-state index in [1.165, 1.54) is 4.90 Å². The molecule has 22 heavy (non-hydrogen) atoms. The molecule has 2 aliphatic rings. The molecule has 114 valence electrons. The van der Waals surface area contributed by atoms with E-state index in [4.69, 9.17) is 16.3 Å². The number of nitrogens with zero attached hydrogens (tertiary/aromatic N) is 3. The SMILES string of the molecule is CCC1COc2cc(Cl)ccc2N1C(=O)N1C=CC=NC=C1. The number of carbonyl (C=O) groups excluding carboxylic acids is 1. The van der Waals surface area contributed by atoms with Crippen molar-refractivity contribution in [2.24, 2.45) is 4.99 Å². The maximum atomic E-state index is 12.9. The first-order valence-electron chi connectivity index (χ1n) is 7.11. The third-order valence-corrected chi connectivity index (χ3v) is 3.84. The normalized spacial score (nSPS) is 19.6. The van der Waals surface area contributed by atoms with Crippen LogP contribution in [0.1, 0.15) is 13.3 Å². The maximum absolute atomic E-state index is 12.9. The molecule has 0 spiro atoms. The lowest BCUT2D eigenvalue weighted by atomic mass is 10.1. The molecule has 6 heteroatoms. The number of aliphatic imine (C=N–C) groups is 1. The minimum absolute atomic E-state index is 0.0212. The van der Waals surface area contributed by atoms with Gasteiger partial charge in [0.2, 0.25) is 0 Å². The molecular weight excluding hydrogens is 302 g/mol. The van der Waals surface area contributed by atoms with Crippen LogP contribution >= 0.6 is 11.6 Å². The summed E-state index contributed by atoms with van der Waals surface area (Å²) in [6.07, 6.45) is 9.07. The largest absolute Gasteiger partial charge is 0.489 e. The zero-order valence-corrected chi connectivity index (χ0v) is 12.9. The molecule has 0 saturated heterocycles. The van der Waals surface area contributed by atoms with Gasteiger partial charge in [0.15, 0.2) is 0 Å². The monoisotopic (exact) mass is 317 g/mol. The quantitative estimate of drug-likeness (QED) is 0.790. The maximum Gasteiger partial charge on any atom is 0.333 e. The summed E-state index contributed by atoms with van der Waals surface area (Å²) in [6.45, 7) is 2.49. The molecule has 1 unspecified atom stereocenters. The number of hydrogen-bond donors (Lipinski definition) is 0. The number of fused-ring (bicyclic) bond motifs is 1. The van der Waals surface area contributed by atoms with Gasteiger partial charge in [-0.1, -0.05) is 18.5 Å². The van der Waals surface area contributed by atoms with Crippen LogP contribution in [0.2, 0.25) is 5.02 Å². The van der Waals surface area contributed by atoms with Gasteiger partial charge in [-0.05, 0) is 24.6 Å². The number of carbonyl (C=O) groups is 1. The van der Waals surface area contributed by atoms with Gasteiger partial charge >= 0.3 is 6.03 Å². The number of amides is 2. The van der Waals surface area contributed by atoms with Crippen molar-refractivity contribution in [3.05, 3.63) is 47.9 Å². The molecule has 0 N–H and O–H groups in total. The second kappa shape index (κ2) is 6.23. The molecule has 1 aromatic carbocycles. The number of ether oxygens (including phenoxy) is 1. The predicted molar refractivity (Wildman–Crippen MR) is 87.5 cm³/mol. The lowest BCUT2D eigenvalue weighted by Gasteiger charge is -2.38. The van der Waals surface area contributed by atoms with E-state index in [0.717, 1.165) is 12.1 Å². The number of allylic oxidation sites excluding steroid dienone is 1. The number of hydrogen-bond acceptors (Lipinski definition) is 3. The van der Waals surface area contributed by atoms with Crippen LogP contribution < -0.4 is 9.64 Å². The molecule has 1 aromatic rings. The Bertz CT molecular complexity index is 653. The summed E-state index contributed by atoms with van der Waals surface area (Å²) >= 11 is 6.01. The first-order valence-corrected chi connectivity index (χ1v) is 7.49. The number of urea groups is 1. The molecule has 3 rings (SSSR count). The van der Waals surface area contributed by atoms with Crippen LogP contribution in [-0.2, 0) is 0 Å². The number of benzene rings is 1. The Hall–Kier alpha value is -2.27. The average Bonchev–Trinajstić information content (AvgIpc) is 2.82. The van der Waals surface area contributed by atoms with Crippen molar-refractivity contribution in [2.45, 2.75) is 19.4 Å². The molecule has 0 bridgehead atoms. The van der Waals surface area contributed by atoms with Crippen molar-refractivity contribution in [3.8, 4) is 5.75 Å². The summed E-state index contributed by atoms with van der Waals surface area (Å²) in [5.74, 6) is 0.629. The van der Waals surface area contributed by atoms with Crippen molar-refractivity contribution < 1.29 is 9.53 Å². The second-order valence-corrected chi connectivity index (χ2v) is 5.42. The van der Waals surface area contributed by atoms with E-state index in [1.807, 2.05) is 13.0 Å². The van der Waals surface area contributed by atoms with Crippen LogP contribution in [0.25, 0.3) is 0 Å². The summed E-state index contributed by atoms with van der Waals surface area (Å²) in [4.78, 5) is 20.2. The lowest BCUT2D eigenvalue weighted by molar-refractivity contribution is 0.214. The number of rotatable bonds is 1. The summed E-state index contributed by atoms with van der Waals surface area (Å²) in [5, 5.41) is 0.587. The van der Waals surface area contributed by atoms with Crippen LogP contribution in [0, 0.1) is 0 Å². The van der Waals surface area contributed by atoms with E-state index in [1.54, 1.807) is 47.9 Å². The van der Waals surface area contributed by atoms with Crippen molar-refractivity contribution in [3.63, 3.8) is 0 Å². The van der Waals surface area contributed by atoms with Gasteiger partial charge in [-0.2, -0.15) is 0 Å². The minimum atomic E-state index is -0.142. The van der Waals surface area contributed by atoms with Gasteiger partial charge in [0, 0.05) is 35.9 Å². The first-order chi connectivity index (χ1) is 10.7. The zero-order chi connectivity index (χ0) is 15.5. The van der Waals surface area contributed by atoms with Gasteiger partial charge in [0.05, 0.1) is 11.7 Å². The van der Waals surface area contributed by atoms with Crippen molar-refractivity contribution in [1.82, 2.24) is 4.90 Å². The van der Waals surface area contributed by atoms with Crippen molar-refractivity contribution in [1.29, 1.82) is 0 Å². The Morgan fingerprint density at radius 1 is 1.45 bits per heavy atom. The van der Waals surface area contributed by atoms with E-state index in [2.05, 4.69) is 4.99 Å². The molecule has 2 aliphatic heterocycles.